The molecule has 2 aliphatic heterocycles. The maximum absolute atomic E-state index is 9.65. The number of hydrogen-bond acceptors (Lipinski definition) is 4. The number of nitrogens with one attached hydrogen (secondary N) is 2. The molecule has 0 aromatic heterocycles. The van der Waals surface area contributed by atoms with Crippen molar-refractivity contribution in [3.8, 4) is 0 Å². The number of aliphatic hydroxyl groups excluding tert-OH is 1. The Bertz CT molecular complexity index is 311. The smallest absolute Gasteiger partial charge is 0.191 e. The number of aliphatic imine (C=N–C) groups is 1. The molecule has 116 valence electrons. The van der Waals surface area contributed by atoms with E-state index in [1.807, 2.05) is 0 Å². The molecule has 1 atom stereocenters. The molecule has 2 rings (SSSR count). The molecule has 0 aromatic rings. The van der Waals surface area contributed by atoms with Gasteiger partial charge < -0.3 is 25.2 Å². The molecule has 2 saturated heterocycles. The molecule has 0 aliphatic carbocycles. The Kier molecular flexibility index (Phi) is 6.06. The van der Waals surface area contributed by atoms with Crippen LogP contribution in [0, 0.1) is 5.41 Å². The van der Waals surface area contributed by atoms with E-state index in [4.69, 9.17) is 9.47 Å². The average molecular weight is 285 g/mol. The van der Waals surface area contributed by atoms with Gasteiger partial charge in [-0.3, -0.25) is 4.99 Å². The third kappa shape index (κ3) is 4.33. The van der Waals surface area contributed by atoms with Gasteiger partial charge in [0.1, 0.15) is 0 Å². The number of rotatable bonds is 5. The first-order chi connectivity index (χ1) is 9.78. The van der Waals surface area contributed by atoms with Gasteiger partial charge in [0.05, 0.1) is 12.7 Å². The van der Waals surface area contributed by atoms with Crippen molar-refractivity contribution in [1.82, 2.24) is 10.6 Å². The fourth-order valence-corrected chi connectivity index (χ4v) is 2.70. The Balaban J connectivity index is 1.74. The van der Waals surface area contributed by atoms with Crippen LogP contribution in [0.1, 0.15) is 25.7 Å². The summed E-state index contributed by atoms with van der Waals surface area (Å²) in [5.41, 5.74) is -0.0836. The van der Waals surface area contributed by atoms with Crippen LogP contribution in [-0.2, 0) is 9.47 Å². The van der Waals surface area contributed by atoms with Gasteiger partial charge in [0.15, 0.2) is 5.96 Å². The second-order valence-corrected chi connectivity index (χ2v) is 5.71. The van der Waals surface area contributed by atoms with Gasteiger partial charge in [0.2, 0.25) is 0 Å². The maximum atomic E-state index is 9.65. The number of hydrogen-bond donors (Lipinski definition) is 3. The highest BCUT2D eigenvalue weighted by molar-refractivity contribution is 5.79. The number of guanidine groups is 1. The third-order valence-corrected chi connectivity index (χ3v) is 4.26. The van der Waals surface area contributed by atoms with E-state index in [9.17, 15) is 5.11 Å². The first-order valence-corrected chi connectivity index (χ1v) is 7.53. The molecule has 2 heterocycles. The average Bonchev–Trinajstić information content (AvgIpc) is 3.02. The maximum Gasteiger partial charge on any atom is 0.191 e. The molecular formula is C14H27N3O3. The van der Waals surface area contributed by atoms with Crippen molar-refractivity contribution in [2.24, 2.45) is 10.4 Å². The summed E-state index contributed by atoms with van der Waals surface area (Å²) in [6, 6.07) is 0. The number of ether oxygens (including phenoxy) is 2. The van der Waals surface area contributed by atoms with E-state index >= 15 is 0 Å². The van der Waals surface area contributed by atoms with Crippen LogP contribution in [0.2, 0.25) is 0 Å². The highest BCUT2D eigenvalue weighted by Crippen LogP contribution is 2.28. The van der Waals surface area contributed by atoms with Crippen LogP contribution in [0.4, 0.5) is 0 Å². The fourth-order valence-electron chi connectivity index (χ4n) is 2.70. The fraction of sp³-hybridized carbons (Fsp3) is 0.929. The molecular weight excluding hydrogens is 258 g/mol. The van der Waals surface area contributed by atoms with Gasteiger partial charge in [-0.2, -0.15) is 0 Å². The molecule has 0 amide bonds. The van der Waals surface area contributed by atoms with Crippen molar-refractivity contribution < 1.29 is 14.6 Å². The van der Waals surface area contributed by atoms with E-state index < -0.39 is 0 Å². The van der Waals surface area contributed by atoms with Gasteiger partial charge in [0.25, 0.3) is 0 Å². The Morgan fingerprint density at radius 2 is 2.10 bits per heavy atom. The SMILES string of the molecule is CN=C(NCC1CCCO1)NCC1(CO)CCOCC1. The van der Waals surface area contributed by atoms with Gasteiger partial charge in [-0.25, -0.2) is 0 Å². The van der Waals surface area contributed by atoms with Gasteiger partial charge in [-0.05, 0) is 25.7 Å². The zero-order valence-corrected chi connectivity index (χ0v) is 12.4. The van der Waals surface area contributed by atoms with Crippen LogP contribution < -0.4 is 10.6 Å². The molecule has 0 spiro atoms. The van der Waals surface area contributed by atoms with Gasteiger partial charge >= 0.3 is 0 Å². The number of aliphatic hydroxyl groups is 1. The van der Waals surface area contributed by atoms with Crippen molar-refractivity contribution in [3.63, 3.8) is 0 Å². The van der Waals surface area contributed by atoms with Crippen LogP contribution in [-0.4, -0.2) is 63.7 Å². The van der Waals surface area contributed by atoms with Crippen LogP contribution in [0.25, 0.3) is 0 Å². The van der Waals surface area contributed by atoms with Crippen molar-refractivity contribution in [2.45, 2.75) is 31.8 Å². The largest absolute Gasteiger partial charge is 0.396 e. The van der Waals surface area contributed by atoms with Crippen molar-refractivity contribution in [1.29, 1.82) is 0 Å². The lowest BCUT2D eigenvalue weighted by Crippen LogP contribution is -2.48. The number of nitrogens with zero attached hydrogens (tertiary/aromatic N) is 1. The monoisotopic (exact) mass is 285 g/mol. The van der Waals surface area contributed by atoms with E-state index in [-0.39, 0.29) is 12.0 Å². The summed E-state index contributed by atoms with van der Waals surface area (Å²) in [5.74, 6) is 0.778. The predicted molar refractivity (Wildman–Crippen MR) is 77.9 cm³/mol. The van der Waals surface area contributed by atoms with E-state index in [1.54, 1.807) is 7.05 Å². The zero-order chi connectivity index (χ0) is 14.3. The Morgan fingerprint density at radius 3 is 2.70 bits per heavy atom. The second kappa shape index (κ2) is 7.81. The standard InChI is InChI=1S/C14H27N3O3/c1-15-13(16-9-12-3-2-6-20-12)17-10-14(11-18)4-7-19-8-5-14/h12,18H,2-11H2,1H3,(H2,15,16,17). The van der Waals surface area contributed by atoms with Crippen molar-refractivity contribution in [2.75, 3.05) is 46.6 Å². The minimum atomic E-state index is -0.0836. The van der Waals surface area contributed by atoms with Crippen LogP contribution in [0.5, 0.6) is 0 Å². The van der Waals surface area contributed by atoms with Crippen LogP contribution >= 0.6 is 0 Å². The Hall–Kier alpha value is -0.850. The van der Waals surface area contributed by atoms with Crippen LogP contribution in [0.15, 0.2) is 4.99 Å². The Morgan fingerprint density at radius 1 is 1.30 bits per heavy atom. The molecule has 0 bridgehead atoms. The topological polar surface area (TPSA) is 75.1 Å². The van der Waals surface area contributed by atoms with Gasteiger partial charge in [0, 0.05) is 45.4 Å². The lowest BCUT2D eigenvalue weighted by atomic mass is 9.81. The van der Waals surface area contributed by atoms with E-state index in [1.165, 1.54) is 0 Å². The van der Waals surface area contributed by atoms with E-state index in [0.29, 0.717) is 6.10 Å². The third-order valence-electron chi connectivity index (χ3n) is 4.26. The molecule has 3 N–H and O–H groups in total. The van der Waals surface area contributed by atoms with Crippen molar-refractivity contribution in [3.05, 3.63) is 0 Å². The predicted octanol–water partition coefficient (Wildman–Crippen LogP) is 0.120. The first kappa shape index (κ1) is 15.5. The molecule has 6 heteroatoms. The quantitative estimate of drug-likeness (QED) is 0.494. The minimum Gasteiger partial charge on any atom is -0.396 e. The summed E-state index contributed by atoms with van der Waals surface area (Å²) in [6.07, 6.45) is 4.33. The molecule has 6 nitrogen and oxygen atoms in total. The van der Waals surface area contributed by atoms with Crippen LogP contribution in [0.3, 0.4) is 0 Å². The summed E-state index contributed by atoms with van der Waals surface area (Å²) in [6.45, 7) is 4.01. The summed E-state index contributed by atoms with van der Waals surface area (Å²) in [7, 11) is 1.76. The molecule has 0 aromatic carbocycles. The lowest BCUT2D eigenvalue weighted by molar-refractivity contribution is -0.0132. The Labute approximate surface area is 120 Å². The molecule has 2 aliphatic rings. The van der Waals surface area contributed by atoms with Gasteiger partial charge in [-0.1, -0.05) is 0 Å². The van der Waals surface area contributed by atoms with E-state index in [0.717, 1.165) is 64.6 Å². The highest BCUT2D eigenvalue weighted by Gasteiger charge is 2.32. The second-order valence-electron chi connectivity index (χ2n) is 5.71. The summed E-state index contributed by atoms with van der Waals surface area (Å²) in [4.78, 5) is 4.22. The summed E-state index contributed by atoms with van der Waals surface area (Å²) in [5, 5.41) is 16.3. The van der Waals surface area contributed by atoms with Gasteiger partial charge in [-0.15, -0.1) is 0 Å². The summed E-state index contributed by atoms with van der Waals surface area (Å²) >= 11 is 0. The highest BCUT2D eigenvalue weighted by atomic mass is 16.5. The molecule has 1 unspecified atom stereocenters. The zero-order valence-electron chi connectivity index (χ0n) is 12.4. The molecule has 0 saturated carbocycles. The normalized spacial score (nSPS) is 26.5. The molecule has 20 heavy (non-hydrogen) atoms. The molecule has 2 fully saturated rings. The lowest BCUT2D eigenvalue weighted by Gasteiger charge is -2.36. The first-order valence-electron chi connectivity index (χ1n) is 7.53. The van der Waals surface area contributed by atoms with E-state index in [2.05, 4.69) is 15.6 Å². The summed E-state index contributed by atoms with van der Waals surface area (Å²) < 4.78 is 11.0. The minimum absolute atomic E-state index is 0.0836. The molecule has 0 radical (unpaired) electrons. The van der Waals surface area contributed by atoms with Crippen molar-refractivity contribution >= 4 is 5.96 Å².